The fourth-order valence-electron chi connectivity index (χ4n) is 1.61. The Morgan fingerprint density at radius 1 is 1.19 bits per heavy atom. The minimum Gasteiger partial charge on any atom is -0.354 e. The normalized spacial score (nSPS) is 10.6. The molecule has 10 heteroatoms. The first kappa shape index (κ1) is 13.2. The van der Waals surface area contributed by atoms with Crippen LogP contribution in [0.4, 0.5) is 0 Å². The average Bonchev–Trinajstić information content (AvgIpc) is 3.17. The molecule has 106 valence electrons. The molecular weight excluding hydrogens is 296 g/mol. The van der Waals surface area contributed by atoms with E-state index in [0.717, 1.165) is 0 Å². The predicted octanol–water partition coefficient (Wildman–Crippen LogP) is 0.256. The lowest BCUT2D eigenvalue weighted by molar-refractivity contribution is 0.0957. The molecule has 0 fully saturated rings. The van der Waals surface area contributed by atoms with Gasteiger partial charge in [-0.25, -0.2) is 9.36 Å². The maximum atomic E-state index is 11.5. The van der Waals surface area contributed by atoms with Gasteiger partial charge in [0.15, 0.2) is 5.69 Å². The summed E-state index contributed by atoms with van der Waals surface area (Å²) in [7, 11) is 1.52. The Kier molecular flexibility index (Phi) is 3.32. The molecule has 3 aromatic heterocycles. The summed E-state index contributed by atoms with van der Waals surface area (Å²) in [4.78, 5) is 23.7. The van der Waals surface area contributed by atoms with E-state index in [2.05, 4.69) is 30.5 Å². The van der Waals surface area contributed by atoms with Crippen molar-refractivity contribution in [2.45, 2.75) is 0 Å². The maximum absolute atomic E-state index is 11.5. The van der Waals surface area contributed by atoms with Crippen LogP contribution in [0.3, 0.4) is 0 Å². The molecule has 1 amide bonds. The van der Waals surface area contributed by atoms with E-state index in [9.17, 15) is 4.79 Å². The first-order chi connectivity index (χ1) is 10.2. The number of carbonyl (C=O) groups excluding carboxylic acids is 1. The van der Waals surface area contributed by atoms with Crippen LogP contribution in [0.5, 0.6) is 0 Å². The van der Waals surface area contributed by atoms with Crippen molar-refractivity contribution in [3.63, 3.8) is 0 Å². The third-order valence-electron chi connectivity index (χ3n) is 2.55. The van der Waals surface area contributed by atoms with Crippen molar-refractivity contribution in [3.8, 4) is 11.9 Å². The zero-order valence-corrected chi connectivity index (χ0v) is 11.6. The Morgan fingerprint density at radius 3 is 2.62 bits per heavy atom. The van der Waals surface area contributed by atoms with Gasteiger partial charge in [0, 0.05) is 25.6 Å². The highest BCUT2D eigenvalue weighted by atomic mass is 35.5. The number of hydrogen-bond donors (Lipinski definition) is 1. The molecule has 0 spiro atoms. The first-order valence-corrected chi connectivity index (χ1v) is 6.25. The van der Waals surface area contributed by atoms with Gasteiger partial charge in [-0.05, 0) is 23.7 Å². The molecule has 3 heterocycles. The minimum atomic E-state index is -0.304. The molecule has 0 aliphatic rings. The van der Waals surface area contributed by atoms with Crippen molar-refractivity contribution in [2.24, 2.45) is 0 Å². The van der Waals surface area contributed by atoms with Crippen LogP contribution in [0.25, 0.3) is 11.9 Å². The number of amides is 1. The summed E-state index contributed by atoms with van der Waals surface area (Å²) in [5, 5.41) is 10.6. The van der Waals surface area contributed by atoms with Crippen molar-refractivity contribution in [1.29, 1.82) is 0 Å². The van der Waals surface area contributed by atoms with Gasteiger partial charge in [-0.15, -0.1) is 0 Å². The summed E-state index contributed by atoms with van der Waals surface area (Å²) in [6, 6.07) is 3.28. The molecule has 0 aromatic carbocycles. The number of nitrogens with one attached hydrogen (secondary N) is 1. The van der Waals surface area contributed by atoms with Crippen molar-refractivity contribution < 1.29 is 4.79 Å². The standard InChI is InChI=1S/C11H9ClN8O/c1-13-8(21)7-3-6-20(18-7)11-16-9(12)15-10(17-11)19-5-2-4-14-19/h2-6H,1H3,(H,13,21). The summed E-state index contributed by atoms with van der Waals surface area (Å²) in [6.45, 7) is 0. The molecule has 21 heavy (non-hydrogen) atoms. The largest absolute Gasteiger partial charge is 0.354 e. The molecule has 0 unspecified atom stereocenters. The quantitative estimate of drug-likeness (QED) is 0.744. The third-order valence-corrected chi connectivity index (χ3v) is 2.72. The van der Waals surface area contributed by atoms with Gasteiger partial charge >= 0.3 is 0 Å². The maximum Gasteiger partial charge on any atom is 0.271 e. The molecule has 0 aliphatic heterocycles. The number of nitrogens with zero attached hydrogens (tertiary/aromatic N) is 7. The molecule has 3 rings (SSSR count). The highest BCUT2D eigenvalue weighted by Crippen LogP contribution is 2.09. The van der Waals surface area contributed by atoms with Crippen LogP contribution in [0, 0.1) is 0 Å². The van der Waals surface area contributed by atoms with Crippen LogP contribution in [0.15, 0.2) is 30.7 Å². The van der Waals surface area contributed by atoms with Crippen molar-refractivity contribution in [1.82, 2.24) is 39.8 Å². The lowest BCUT2D eigenvalue weighted by atomic mass is 10.4. The molecule has 0 radical (unpaired) electrons. The van der Waals surface area contributed by atoms with Gasteiger partial charge < -0.3 is 5.32 Å². The lowest BCUT2D eigenvalue weighted by Gasteiger charge is -2.03. The molecular formula is C11H9ClN8O. The fraction of sp³-hybridized carbons (Fsp3) is 0.0909. The van der Waals surface area contributed by atoms with Gasteiger partial charge in [-0.2, -0.15) is 25.1 Å². The van der Waals surface area contributed by atoms with Crippen LogP contribution >= 0.6 is 11.6 Å². The highest BCUT2D eigenvalue weighted by molar-refractivity contribution is 6.28. The van der Waals surface area contributed by atoms with E-state index in [4.69, 9.17) is 11.6 Å². The SMILES string of the molecule is CNC(=O)c1ccn(-c2nc(Cl)nc(-n3cccn3)n2)n1. The van der Waals surface area contributed by atoms with Crippen molar-refractivity contribution in [3.05, 3.63) is 41.7 Å². The van der Waals surface area contributed by atoms with E-state index in [1.54, 1.807) is 30.7 Å². The Labute approximate surface area is 123 Å². The number of rotatable bonds is 3. The van der Waals surface area contributed by atoms with E-state index < -0.39 is 0 Å². The number of aromatic nitrogens is 7. The zero-order valence-electron chi connectivity index (χ0n) is 10.8. The molecule has 0 bridgehead atoms. The van der Waals surface area contributed by atoms with Crippen LogP contribution < -0.4 is 5.32 Å². The smallest absolute Gasteiger partial charge is 0.271 e. The zero-order chi connectivity index (χ0) is 14.8. The third kappa shape index (κ3) is 2.58. The number of halogens is 1. The van der Waals surface area contributed by atoms with Crippen LogP contribution in [-0.2, 0) is 0 Å². The Morgan fingerprint density at radius 2 is 1.95 bits per heavy atom. The lowest BCUT2D eigenvalue weighted by Crippen LogP contribution is -2.19. The summed E-state index contributed by atoms with van der Waals surface area (Å²) < 4.78 is 2.78. The predicted molar refractivity (Wildman–Crippen MR) is 72.5 cm³/mol. The molecule has 0 saturated carbocycles. The van der Waals surface area contributed by atoms with Gasteiger partial charge in [0.25, 0.3) is 17.8 Å². The van der Waals surface area contributed by atoms with Gasteiger partial charge in [-0.3, -0.25) is 4.79 Å². The van der Waals surface area contributed by atoms with E-state index in [0.29, 0.717) is 0 Å². The highest BCUT2D eigenvalue weighted by Gasteiger charge is 2.12. The van der Waals surface area contributed by atoms with Crippen molar-refractivity contribution >= 4 is 17.5 Å². The van der Waals surface area contributed by atoms with E-state index in [1.165, 1.54) is 16.4 Å². The summed E-state index contributed by atoms with van der Waals surface area (Å²) in [5.74, 6) is 0.142. The number of hydrogen-bond acceptors (Lipinski definition) is 6. The first-order valence-electron chi connectivity index (χ1n) is 5.87. The Hall–Kier alpha value is -2.81. The van der Waals surface area contributed by atoms with Gasteiger partial charge in [0.1, 0.15) is 0 Å². The van der Waals surface area contributed by atoms with Gasteiger partial charge in [-0.1, -0.05) is 0 Å². The Balaban J connectivity index is 2.02. The van der Waals surface area contributed by atoms with Crippen LogP contribution in [-0.4, -0.2) is 47.5 Å². The molecule has 0 atom stereocenters. The number of carbonyl (C=O) groups is 1. The van der Waals surface area contributed by atoms with E-state index >= 15 is 0 Å². The fourth-order valence-corrected chi connectivity index (χ4v) is 1.76. The summed E-state index contributed by atoms with van der Waals surface area (Å²) in [6.07, 6.45) is 4.83. The van der Waals surface area contributed by atoms with Crippen LogP contribution in [0.2, 0.25) is 5.28 Å². The minimum absolute atomic E-state index is 0.00231. The van der Waals surface area contributed by atoms with E-state index in [1.807, 2.05) is 0 Å². The van der Waals surface area contributed by atoms with E-state index in [-0.39, 0.29) is 28.8 Å². The average molecular weight is 305 g/mol. The van der Waals surface area contributed by atoms with Crippen molar-refractivity contribution in [2.75, 3.05) is 7.05 Å². The molecule has 0 aliphatic carbocycles. The molecule has 1 N–H and O–H groups in total. The second-order valence-electron chi connectivity index (χ2n) is 3.88. The van der Waals surface area contributed by atoms with Crippen LogP contribution in [0.1, 0.15) is 10.5 Å². The second-order valence-corrected chi connectivity index (χ2v) is 4.22. The molecule has 3 aromatic rings. The summed E-state index contributed by atoms with van der Waals surface area (Å²) >= 11 is 5.89. The monoisotopic (exact) mass is 304 g/mol. The van der Waals surface area contributed by atoms with Gasteiger partial charge in [0.05, 0.1) is 0 Å². The topological polar surface area (TPSA) is 103 Å². The Bertz CT molecular complexity index is 781. The second kappa shape index (κ2) is 5.29. The molecule has 0 saturated heterocycles. The summed E-state index contributed by atoms with van der Waals surface area (Å²) in [5.41, 5.74) is 0.245. The molecule has 9 nitrogen and oxygen atoms in total. The van der Waals surface area contributed by atoms with Gasteiger partial charge in [0.2, 0.25) is 5.28 Å².